The lowest BCUT2D eigenvalue weighted by molar-refractivity contribution is 0.0251. The summed E-state index contributed by atoms with van der Waals surface area (Å²) in [5.41, 5.74) is -4.38. The van der Waals surface area contributed by atoms with Gasteiger partial charge in [0.05, 0.1) is 12.7 Å². The Bertz CT molecular complexity index is 2930. The maximum atomic E-state index is 15.5. The number of esters is 1. The van der Waals surface area contributed by atoms with Gasteiger partial charge in [0.1, 0.15) is 34.1 Å². The van der Waals surface area contributed by atoms with Gasteiger partial charge in [0.15, 0.2) is 52.1 Å². The topological polar surface area (TPSA) is 88.1 Å². The first-order valence-electron chi connectivity index (χ1n) is 18.6. The Balaban J connectivity index is 0.998. The number of fused-ring (bicyclic) bond motifs is 1. The van der Waals surface area contributed by atoms with Gasteiger partial charge in [-0.1, -0.05) is 42.5 Å². The van der Waals surface area contributed by atoms with Crippen LogP contribution in [0.3, 0.4) is 0 Å². The normalized spacial score (nSPS) is 14.2. The monoisotopic (exact) mass is 866 g/mol. The Kier molecular flexibility index (Phi) is 10.8. The van der Waals surface area contributed by atoms with Crippen molar-refractivity contribution in [3.05, 3.63) is 218 Å². The highest BCUT2D eigenvalue weighted by Crippen LogP contribution is 2.48. The standard InChI is InChI=1S/C48H26F8O7/c1-23-36(49)38(51)34(39(52)37(23)50)44(57)24-7-15-29(16-8-24)61-30-17-9-25(10-18-30)45(58)35-40(53)42(55)46(43(56)41(35)54)62-31-21-13-27(14-22-31)48(26-11-19-28(60-2)20-12-26)33-6-4-3-5-32(33)47(59)63-48/h3-22H,1-2H3. The molecule has 1 aliphatic rings. The van der Waals surface area contributed by atoms with Crippen LogP contribution in [0, 0.1) is 53.5 Å². The number of rotatable bonds is 11. The van der Waals surface area contributed by atoms with Crippen LogP contribution in [0.2, 0.25) is 0 Å². The van der Waals surface area contributed by atoms with Crippen LogP contribution in [0.5, 0.6) is 28.7 Å². The molecule has 63 heavy (non-hydrogen) atoms. The summed E-state index contributed by atoms with van der Waals surface area (Å²) in [6.45, 7) is 0.809. The number of hydrogen-bond donors (Lipinski definition) is 0. The molecule has 15 heteroatoms. The summed E-state index contributed by atoms with van der Waals surface area (Å²) in [5, 5.41) is 0. The first kappa shape index (κ1) is 41.9. The SMILES string of the molecule is COc1ccc(C2(c3ccc(Oc4c(F)c(F)c(C(=O)c5ccc(Oc6ccc(C(=O)c7c(F)c(F)c(C)c(F)c7F)cc6)cc5)c(F)c4F)cc3)OC(=O)c3ccccc32)cc1. The smallest absolute Gasteiger partial charge is 0.340 e. The highest BCUT2D eigenvalue weighted by atomic mass is 19.2. The van der Waals surface area contributed by atoms with Gasteiger partial charge >= 0.3 is 5.97 Å². The molecule has 1 heterocycles. The Morgan fingerprint density at radius 3 is 1.35 bits per heavy atom. The third-order valence-corrected chi connectivity index (χ3v) is 10.4. The molecule has 0 radical (unpaired) electrons. The number of ketones is 2. The van der Waals surface area contributed by atoms with Crippen LogP contribution >= 0.6 is 0 Å². The number of carbonyl (C=O) groups is 3. The maximum absolute atomic E-state index is 15.5. The van der Waals surface area contributed by atoms with Gasteiger partial charge in [-0.15, -0.1) is 0 Å². The van der Waals surface area contributed by atoms with Gasteiger partial charge in [-0.25, -0.2) is 31.1 Å². The van der Waals surface area contributed by atoms with Crippen molar-refractivity contribution in [3.63, 3.8) is 0 Å². The highest BCUT2D eigenvalue weighted by molar-refractivity contribution is 6.10. The van der Waals surface area contributed by atoms with E-state index in [9.17, 15) is 31.9 Å². The van der Waals surface area contributed by atoms with Crippen LogP contribution in [0.4, 0.5) is 35.1 Å². The van der Waals surface area contributed by atoms with Crippen LogP contribution in [-0.2, 0) is 10.3 Å². The summed E-state index contributed by atoms with van der Waals surface area (Å²) in [6.07, 6.45) is 0. The molecule has 7 aromatic rings. The molecule has 1 unspecified atom stereocenters. The zero-order valence-corrected chi connectivity index (χ0v) is 32.4. The second-order valence-corrected chi connectivity index (χ2v) is 14.0. The van der Waals surface area contributed by atoms with E-state index in [0.717, 1.165) is 31.2 Å². The molecule has 0 N–H and O–H groups in total. The van der Waals surface area contributed by atoms with E-state index in [4.69, 9.17) is 18.9 Å². The summed E-state index contributed by atoms with van der Waals surface area (Å²) in [6, 6.07) is 27.8. The van der Waals surface area contributed by atoms with Crippen molar-refractivity contribution in [2.75, 3.05) is 7.11 Å². The molecule has 0 bridgehead atoms. The first-order valence-corrected chi connectivity index (χ1v) is 18.6. The fourth-order valence-electron chi connectivity index (χ4n) is 7.13. The number of benzene rings is 7. The molecular weight excluding hydrogens is 841 g/mol. The fourth-order valence-corrected chi connectivity index (χ4v) is 7.13. The Labute approximate surface area is 351 Å². The average Bonchev–Trinajstić information content (AvgIpc) is 3.61. The molecule has 0 amide bonds. The predicted octanol–water partition coefficient (Wildman–Crippen LogP) is 11.6. The van der Waals surface area contributed by atoms with Crippen molar-refractivity contribution in [1.29, 1.82) is 0 Å². The number of cyclic esters (lactones) is 1. The lowest BCUT2D eigenvalue weighted by Crippen LogP contribution is -2.29. The van der Waals surface area contributed by atoms with Gasteiger partial charge in [-0.2, -0.15) is 8.78 Å². The molecule has 7 aromatic carbocycles. The number of carbonyl (C=O) groups excluding carboxylic acids is 3. The number of hydrogen-bond acceptors (Lipinski definition) is 7. The number of ether oxygens (including phenoxy) is 4. The minimum Gasteiger partial charge on any atom is -0.497 e. The average molecular weight is 867 g/mol. The summed E-state index contributed by atoms with van der Waals surface area (Å²) in [4.78, 5) is 39.0. The first-order chi connectivity index (χ1) is 30.2. The van der Waals surface area contributed by atoms with Crippen LogP contribution < -0.4 is 14.2 Å². The molecule has 0 fully saturated rings. The van der Waals surface area contributed by atoms with E-state index in [-0.39, 0.29) is 22.8 Å². The molecule has 7 nitrogen and oxygen atoms in total. The Morgan fingerprint density at radius 1 is 0.492 bits per heavy atom. The fraction of sp³-hybridized carbons (Fsp3) is 0.0625. The minimum atomic E-state index is -2.04. The van der Waals surface area contributed by atoms with Crippen molar-refractivity contribution in [1.82, 2.24) is 0 Å². The molecule has 1 aliphatic heterocycles. The van der Waals surface area contributed by atoms with Crippen LogP contribution in [-0.4, -0.2) is 24.6 Å². The minimum absolute atomic E-state index is 0.0173. The van der Waals surface area contributed by atoms with Crippen molar-refractivity contribution in [3.8, 4) is 28.7 Å². The summed E-state index contributed by atoms with van der Waals surface area (Å²) >= 11 is 0. The highest BCUT2D eigenvalue weighted by Gasteiger charge is 2.48. The van der Waals surface area contributed by atoms with E-state index in [2.05, 4.69) is 0 Å². The van der Waals surface area contributed by atoms with Gasteiger partial charge in [0.25, 0.3) is 0 Å². The molecule has 0 spiro atoms. The number of methoxy groups -OCH3 is 1. The molecule has 0 aromatic heterocycles. The zero-order valence-electron chi connectivity index (χ0n) is 32.4. The van der Waals surface area contributed by atoms with Gasteiger partial charge in [-0.3, -0.25) is 9.59 Å². The second-order valence-electron chi connectivity index (χ2n) is 14.0. The van der Waals surface area contributed by atoms with E-state index < -0.39 is 97.7 Å². The van der Waals surface area contributed by atoms with E-state index in [1.54, 1.807) is 48.5 Å². The molecule has 0 saturated carbocycles. The van der Waals surface area contributed by atoms with Gasteiger partial charge in [0.2, 0.25) is 17.4 Å². The van der Waals surface area contributed by atoms with Gasteiger partial charge < -0.3 is 18.9 Å². The van der Waals surface area contributed by atoms with Crippen LogP contribution in [0.15, 0.2) is 121 Å². The van der Waals surface area contributed by atoms with Crippen LogP contribution in [0.1, 0.15) is 64.5 Å². The molecule has 316 valence electrons. The van der Waals surface area contributed by atoms with Gasteiger partial charge in [0, 0.05) is 33.4 Å². The molecule has 0 aliphatic carbocycles. The van der Waals surface area contributed by atoms with Crippen molar-refractivity contribution in [2.24, 2.45) is 0 Å². The van der Waals surface area contributed by atoms with Gasteiger partial charge in [-0.05, 0) is 85.8 Å². The quantitative estimate of drug-likeness (QED) is 0.0554. The van der Waals surface area contributed by atoms with Crippen LogP contribution in [0.25, 0.3) is 0 Å². The molecule has 0 saturated heterocycles. The third-order valence-electron chi connectivity index (χ3n) is 10.4. The predicted molar refractivity (Wildman–Crippen MR) is 208 cm³/mol. The van der Waals surface area contributed by atoms with E-state index in [1.165, 1.54) is 55.6 Å². The Morgan fingerprint density at radius 2 is 0.889 bits per heavy atom. The molecule has 1 atom stereocenters. The third kappa shape index (κ3) is 7.10. The van der Waals surface area contributed by atoms with Crippen molar-refractivity contribution < 1.29 is 68.5 Å². The molecule has 8 rings (SSSR count). The van der Waals surface area contributed by atoms with E-state index in [0.29, 0.717) is 28.0 Å². The Hall–Kier alpha value is -7.81. The van der Waals surface area contributed by atoms with Crippen molar-refractivity contribution >= 4 is 17.5 Å². The summed E-state index contributed by atoms with van der Waals surface area (Å²) in [7, 11) is 1.49. The lowest BCUT2D eigenvalue weighted by atomic mass is 9.80. The number of halogens is 8. The summed E-state index contributed by atoms with van der Waals surface area (Å²) < 4.78 is 141. The van der Waals surface area contributed by atoms with Crippen molar-refractivity contribution in [2.45, 2.75) is 12.5 Å². The zero-order chi connectivity index (χ0) is 44.9. The summed E-state index contributed by atoms with van der Waals surface area (Å²) in [5.74, 6) is -19.8. The van der Waals surface area contributed by atoms with E-state index in [1.807, 2.05) is 0 Å². The lowest BCUT2D eigenvalue weighted by Gasteiger charge is -2.30. The maximum Gasteiger partial charge on any atom is 0.340 e. The van der Waals surface area contributed by atoms with E-state index >= 15 is 17.6 Å². The molecular formula is C48H26F8O7. The largest absolute Gasteiger partial charge is 0.497 e. The second kappa shape index (κ2) is 16.2.